The number of oxime groups is 1. The lowest BCUT2D eigenvalue weighted by molar-refractivity contribution is 0.318. The summed E-state index contributed by atoms with van der Waals surface area (Å²) in [6, 6.07) is 6.96. The zero-order valence-corrected chi connectivity index (χ0v) is 15.7. The van der Waals surface area contributed by atoms with Crippen LogP contribution in [0.25, 0.3) is 22.3 Å². The second kappa shape index (κ2) is 7.57. The summed E-state index contributed by atoms with van der Waals surface area (Å²) in [4.78, 5) is 0. The van der Waals surface area contributed by atoms with Crippen molar-refractivity contribution < 1.29 is 14.8 Å². The van der Waals surface area contributed by atoms with E-state index in [0.29, 0.717) is 11.5 Å². The van der Waals surface area contributed by atoms with Gasteiger partial charge in [-0.2, -0.15) is 0 Å². The predicted molar refractivity (Wildman–Crippen MR) is 104 cm³/mol. The molecule has 4 N–H and O–H groups in total. The Bertz CT molecular complexity index is 949. The van der Waals surface area contributed by atoms with Crippen molar-refractivity contribution in [3.8, 4) is 28.0 Å². The number of benzene rings is 1. The topological polar surface area (TPSA) is 110 Å². The van der Waals surface area contributed by atoms with Gasteiger partial charge < -0.3 is 25.1 Å². The van der Waals surface area contributed by atoms with Gasteiger partial charge in [0.2, 0.25) is 0 Å². The van der Waals surface area contributed by atoms with Gasteiger partial charge in [0.1, 0.15) is 11.5 Å². The van der Waals surface area contributed by atoms with Crippen LogP contribution in [0.15, 0.2) is 40.1 Å². The SMILES string of the molecule is CCCCn1cc(-c2ccc(O)cc2)c(-c2c(C)noc2C)c1/C(N)=N/O. The molecule has 3 aromatic rings. The first-order valence-electron chi connectivity index (χ1n) is 8.91. The summed E-state index contributed by atoms with van der Waals surface area (Å²) in [6.45, 7) is 6.56. The van der Waals surface area contributed by atoms with Gasteiger partial charge in [-0.25, -0.2) is 0 Å². The van der Waals surface area contributed by atoms with Crippen LogP contribution in [-0.4, -0.2) is 25.9 Å². The lowest BCUT2D eigenvalue weighted by Gasteiger charge is -2.10. The van der Waals surface area contributed by atoms with Crippen LogP contribution in [0, 0.1) is 13.8 Å². The summed E-state index contributed by atoms with van der Waals surface area (Å²) in [7, 11) is 0. The maximum atomic E-state index is 9.64. The molecule has 0 atom stereocenters. The van der Waals surface area contributed by atoms with Gasteiger partial charge in [-0.1, -0.05) is 35.8 Å². The molecule has 3 rings (SSSR count). The van der Waals surface area contributed by atoms with E-state index >= 15 is 0 Å². The quantitative estimate of drug-likeness (QED) is 0.263. The maximum absolute atomic E-state index is 9.64. The standard InChI is InChI=1S/C20H24N4O3/c1-4-5-10-24-11-16(14-6-8-15(25)9-7-14)18(19(24)20(21)22-26)17-12(2)23-27-13(17)3/h6-9,11,25-26H,4-5,10H2,1-3H3,(H2,21,22). The van der Waals surface area contributed by atoms with E-state index in [1.165, 1.54) is 0 Å². The molecule has 0 aliphatic carbocycles. The van der Waals surface area contributed by atoms with Gasteiger partial charge in [-0.15, -0.1) is 0 Å². The Morgan fingerprint density at radius 2 is 1.93 bits per heavy atom. The Hall–Kier alpha value is -3.22. The fraction of sp³-hybridized carbons (Fsp3) is 0.300. The summed E-state index contributed by atoms with van der Waals surface area (Å²) in [6.07, 6.45) is 3.97. The van der Waals surface area contributed by atoms with Crippen LogP contribution in [0.1, 0.15) is 36.9 Å². The first-order valence-corrected chi connectivity index (χ1v) is 8.91. The first kappa shape index (κ1) is 18.6. The average molecular weight is 368 g/mol. The number of rotatable bonds is 6. The number of amidine groups is 1. The van der Waals surface area contributed by atoms with E-state index in [1.807, 2.05) is 36.7 Å². The Morgan fingerprint density at radius 3 is 2.48 bits per heavy atom. The smallest absolute Gasteiger partial charge is 0.187 e. The molecule has 142 valence electrons. The zero-order chi connectivity index (χ0) is 19.6. The predicted octanol–water partition coefficient (Wildman–Crippen LogP) is 4.03. The van der Waals surface area contributed by atoms with Gasteiger partial charge in [-0.3, -0.25) is 0 Å². The van der Waals surface area contributed by atoms with Gasteiger partial charge >= 0.3 is 0 Å². The number of unbranched alkanes of at least 4 members (excludes halogenated alkanes) is 1. The highest BCUT2D eigenvalue weighted by molar-refractivity contribution is 6.06. The molecule has 0 aliphatic heterocycles. The second-order valence-corrected chi connectivity index (χ2v) is 6.54. The molecule has 7 nitrogen and oxygen atoms in total. The molecule has 0 unspecified atom stereocenters. The lowest BCUT2D eigenvalue weighted by atomic mass is 9.95. The maximum Gasteiger partial charge on any atom is 0.187 e. The molecule has 0 fully saturated rings. The molecule has 1 aromatic carbocycles. The number of hydrogen-bond acceptors (Lipinski definition) is 5. The van der Waals surface area contributed by atoms with Crippen molar-refractivity contribution in [3.05, 3.63) is 47.6 Å². The molecule has 7 heteroatoms. The van der Waals surface area contributed by atoms with Crippen molar-refractivity contribution in [2.75, 3.05) is 0 Å². The van der Waals surface area contributed by atoms with Gasteiger partial charge in [0.25, 0.3) is 0 Å². The monoisotopic (exact) mass is 368 g/mol. The molecular formula is C20H24N4O3. The third-order valence-corrected chi connectivity index (χ3v) is 4.64. The second-order valence-electron chi connectivity index (χ2n) is 6.54. The van der Waals surface area contributed by atoms with E-state index in [0.717, 1.165) is 47.3 Å². The number of hydrogen-bond donors (Lipinski definition) is 3. The lowest BCUT2D eigenvalue weighted by Crippen LogP contribution is -2.19. The third-order valence-electron chi connectivity index (χ3n) is 4.64. The highest BCUT2D eigenvalue weighted by Crippen LogP contribution is 2.40. The summed E-state index contributed by atoms with van der Waals surface area (Å²) in [5.74, 6) is 0.888. The van der Waals surface area contributed by atoms with Crippen LogP contribution in [0.3, 0.4) is 0 Å². The minimum Gasteiger partial charge on any atom is -0.508 e. The number of aromatic nitrogens is 2. The molecule has 0 saturated heterocycles. The van der Waals surface area contributed by atoms with Crippen LogP contribution in [0.2, 0.25) is 0 Å². The molecule has 0 saturated carbocycles. The molecule has 0 bridgehead atoms. The van der Waals surface area contributed by atoms with E-state index in [2.05, 4.69) is 17.2 Å². The van der Waals surface area contributed by atoms with Crippen LogP contribution in [0.4, 0.5) is 0 Å². The molecule has 2 heterocycles. The number of aryl methyl sites for hydroxylation is 3. The fourth-order valence-electron chi connectivity index (χ4n) is 3.34. The van der Waals surface area contributed by atoms with E-state index in [-0.39, 0.29) is 11.6 Å². The highest BCUT2D eigenvalue weighted by atomic mass is 16.5. The van der Waals surface area contributed by atoms with E-state index in [1.54, 1.807) is 12.1 Å². The summed E-state index contributed by atoms with van der Waals surface area (Å²) in [5, 5.41) is 26.4. The Morgan fingerprint density at radius 1 is 1.22 bits per heavy atom. The summed E-state index contributed by atoms with van der Waals surface area (Å²) >= 11 is 0. The average Bonchev–Trinajstić information content (AvgIpc) is 3.19. The number of phenols is 1. The molecule has 0 amide bonds. The zero-order valence-electron chi connectivity index (χ0n) is 15.7. The van der Waals surface area contributed by atoms with Crippen molar-refractivity contribution in [2.24, 2.45) is 10.9 Å². The molecule has 0 spiro atoms. The van der Waals surface area contributed by atoms with Crippen LogP contribution < -0.4 is 5.73 Å². The first-order chi connectivity index (χ1) is 13.0. The number of aromatic hydroxyl groups is 1. The van der Waals surface area contributed by atoms with Gasteiger partial charge in [0.15, 0.2) is 5.84 Å². The molecule has 0 aliphatic rings. The Kier molecular flexibility index (Phi) is 5.21. The molecule has 2 aromatic heterocycles. The van der Waals surface area contributed by atoms with Crippen molar-refractivity contribution in [3.63, 3.8) is 0 Å². The largest absolute Gasteiger partial charge is 0.508 e. The number of nitrogens with zero attached hydrogens (tertiary/aromatic N) is 3. The summed E-state index contributed by atoms with van der Waals surface area (Å²) < 4.78 is 7.38. The number of phenolic OH excluding ortho intramolecular Hbond substituents is 1. The molecule has 27 heavy (non-hydrogen) atoms. The van der Waals surface area contributed by atoms with Gasteiger partial charge in [-0.05, 0) is 38.0 Å². The number of nitrogens with two attached hydrogens (primary N) is 1. The highest BCUT2D eigenvalue weighted by Gasteiger charge is 2.26. The molecular weight excluding hydrogens is 344 g/mol. The minimum atomic E-state index is 0.0335. The fourth-order valence-corrected chi connectivity index (χ4v) is 3.34. The third kappa shape index (κ3) is 3.40. The Labute approximate surface area is 157 Å². The van der Waals surface area contributed by atoms with Crippen molar-refractivity contribution in [1.82, 2.24) is 9.72 Å². The van der Waals surface area contributed by atoms with Crippen LogP contribution in [0.5, 0.6) is 5.75 Å². The summed E-state index contributed by atoms with van der Waals surface area (Å²) in [5.41, 5.74) is 10.9. The van der Waals surface area contributed by atoms with Crippen molar-refractivity contribution in [2.45, 2.75) is 40.2 Å². The Balaban J connectivity index is 2.35. The van der Waals surface area contributed by atoms with E-state index < -0.39 is 0 Å². The van der Waals surface area contributed by atoms with Gasteiger partial charge in [0, 0.05) is 23.9 Å². The normalized spacial score (nSPS) is 11.9. The van der Waals surface area contributed by atoms with Gasteiger partial charge in [0.05, 0.1) is 17.0 Å². The minimum absolute atomic E-state index is 0.0335. The van der Waals surface area contributed by atoms with Crippen molar-refractivity contribution in [1.29, 1.82) is 0 Å². The van der Waals surface area contributed by atoms with E-state index in [4.69, 9.17) is 10.3 Å². The van der Waals surface area contributed by atoms with Crippen molar-refractivity contribution >= 4 is 5.84 Å². The molecule has 0 radical (unpaired) electrons. The van der Waals surface area contributed by atoms with E-state index in [9.17, 15) is 10.3 Å². The van der Waals surface area contributed by atoms with Crippen LogP contribution >= 0.6 is 0 Å². The van der Waals surface area contributed by atoms with Crippen LogP contribution in [-0.2, 0) is 6.54 Å².